The third kappa shape index (κ3) is 5.64. The fourth-order valence-corrected chi connectivity index (χ4v) is 1.49. The van der Waals surface area contributed by atoms with Crippen LogP contribution in [-0.4, -0.2) is 15.0 Å². The predicted molar refractivity (Wildman–Crippen MR) is 76.0 cm³/mol. The van der Waals surface area contributed by atoms with Crippen LogP contribution in [0.15, 0.2) is 12.1 Å². The van der Waals surface area contributed by atoms with Crippen molar-refractivity contribution in [3.63, 3.8) is 0 Å². The molecule has 1 rings (SSSR count). The van der Waals surface area contributed by atoms with Gasteiger partial charge in [0, 0.05) is 11.6 Å². The Balaban J connectivity index is 0.000000511. The molecular weight excluding hydrogens is 264 g/mol. The summed E-state index contributed by atoms with van der Waals surface area (Å²) in [4.78, 5) is 19.1. The van der Waals surface area contributed by atoms with Crippen LogP contribution in [0.5, 0.6) is 5.75 Å². The van der Waals surface area contributed by atoms with Crippen LogP contribution in [0.2, 0.25) is 0 Å². The lowest BCUT2D eigenvalue weighted by molar-refractivity contribution is -0.394. The van der Waals surface area contributed by atoms with E-state index in [1.54, 1.807) is 0 Å². The van der Waals surface area contributed by atoms with Crippen LogP contribution in [0.3, 0.4) is 0 Å². The third-order valence-corrected chi connectivity index (χ3v) is 2.63. The minimum Gasteiger partial charge on any atom is -0.502 e. The molecule has 0 aliphatic rings. The Labute approximate surface area is 117 Å². The van der Waals surface area contributed by atoms with Gasteiger partial charge in [-0.15, -0.1) is 0 Å². The second kappa shape index (κ2) is 8.84. The summed E-state index contributed by atoms with van der Waals surface area (Å²) in [6.45, 7) is 5.82. The molecule has 0 aromatic heterocycles. The van der Waals surface area contributed by atoms with Crippen molar-refractivity contribution >= 4 is 11.4 Å². The summed E-state index contributed by atoms with van der Waals surface area (Å²) >= 11 is 0. The molecule has 112 valence electrons. The zero-order valence-corrected chi connectivity index (χ0v) is 12.0. The van der Waals surface area contributed by atoms with Crippen molar-refractivity contribution in [2.75, 3.05) is 0 Å². The van der Waals surface area contributed by atoms with Crippen LogP contribution in [0.25, 0.3) is 0 Å². The van der Waals surface area contributed by atoms with Gasteiger partial charge in [0.25, 0.3) is 5.69 Å². The van der Waals surface area contributed by atoms with Crippen molar-refractivity contribution in [2.45, 2.75) is 46.5 Å². The minimum atomic E-state index is -0.866. The van der Waals surface area contributed by atoms with Gasteiger partial charge >= 0.3 is 5.69 Å². The molecule has 0 radical (unpaired) electrons. The standard InChI is InChI=1S/C7H6N2O5.C6H14/c1-4-2-5(8(11)12)3-6(7(4)10)9(13)14;1-3-5-6-4-2/h2-3,10H,1H3;3-6H2,1-2H3. The fraction of sp³-hybridized carbons (Fsp3) is 0.538. The van der Waals surface area contributed by atoms with E-state index in [2.05, 4.69) is 13.8 Å². The highest BCUT2D eigenvalue weighted by Gasteiger charge is 2.21. The lowest BCUT2D eigenvalue weighted by Crippen LogP contribution is -1.94. The average Bonchev–Trinajstić information content (AvgIpc) is 2.39. The van der Waals surface area contributed by atoms with Crippen molar-refractivity contribution in [1.82, 2.24) is 0 Å². The molecule has 0 atom stereocenters. The molecule has 0 amide bonds. The first-order chi connectivity index (χ1) is 9.34. The Bertz CT molecular complexity index is 470. The fourth-order valence-electron chi connectivity index (χ4n) is 1.49. The zero-order chi connectivity index (χ0) is 15.7. The van der Waals surface area contributed by atoms with Gasteiger partial charge in [-0.25, -0.2) is 0 Å². The summed E-state index contributed by atoms with van der Waals surface area (Å²) in [6, 6.07) is 1.80. The number of benzene rings is 1. The number of nitrogens with zero attached hydrogens (tertiary/aromatic N) is 2. The average molecular weight is 284 g/mol. The second-order valence-corrected chi connectivity index (χ2v) is 4.35. The molecule has 0 aliphatic heterocycles. The van der Waals surface area contributed by atoms with E-state index in [0.29, 0.717) is 0 Å². The predicted octanol–water partition coefficient (Wildman–Crippen LogP) is 4.10. The molecule has 1 aromatic rings. The maximum Gasteiger partial charge on any atom is 0.317 e. The highest BCUT2D eigenvalue weighted by molar-refractivity contribution is 5.57. The highest BCUT2D eigenvalue weighted by Crippen LogP contribution is 2.33. The lowest BCUT2D eigenvalue weighted by Gasteiger charge is -1.99. The summed E-state index contributed by atoms with van der Waals surface area (Å²) in [5.74, 6) is -0.541. The molecule has 0 bridgehead atoms. The van der Waals surface area contributed by atoms with E-state index in [-0.39, 0.29) is 5.56 Å². The number of nitro groups is 2. The van der Waals surface area contributed by atoms with Gasteiger partial charge in [-0.3, -0.25) is 20.2 Å². The number of phenolic OH excluding ortho intramolecular Hbond substituents is 1. The molecule has 0 aliphatic carbocycles. The minimum absolute atomic E-state index is 0.103. The number of phenols is 1. The van der Waals surface area contributed by atoms with Gasteiger partial charge in [-0.05, 0) is 6.92 Å². The first kappa shape index (κ1) is 17.8. The molecule has 0 spiro atoms. The monoisotopic (exact) mass is 284 g/mol. The van der Waals surface area contributed by atoms with Crippen molar-refractivity contribution < 1.29 is 15.0 Å². The molecule has 0 saturated heterocycles. The van der Waals surface area contributed by atoms with Crippen LogP contribution in [0.1, 0.15) is 45.1 Å². The number of unbranched alkanes of at least 4 members (excludes halogenated alkanes) is 3. The first-order valence-corrected chi connectivity index (χ1v) is 6.47. The Kier molecular flexibility index (Phi) is 7.88. The molecule has 0 saturated carbocycles. The smallest absolute Gasteiger partial charge is 0.317 e. The normalized spacial score (nSPS) is 9.55. The molecule has 7 nitrogen and oxygen atoms in total. The molecule has 7 heteroatoms. The zero-order valence-electron chi connectivity index (χ0n) is 12.0. The first-order valence-electron chi connectivity index (χ1n) is 6.47. The SMILES string of the molecule is CCCCCC.Cc1cc([N+](=O)[O-])cc([N+](=O)[O-])c1O. The summed E-state index contributed by atoms with van der Waals surface area (Å²) in [5, 5.41) is 29.9. The number of aromatic hydroxyl groups is 1. The molecule has 20 heavy (non-hydrogen) atoms. The lowest BCUT2D eigenvalue weighted by atomic mass is 10.1. The molecule has 0 heterocycles. The molecule has 1 N–H and O–H groups in total. The largest absolute Gasteiger partial charge is 0.502 e. The van der Waals surface area contributed by atoms with E-state index in [0.717, 1.165) is 12.1 Å². The number of non-ortho nitro benzene ring substituents is 1. The van der Waals surface area contributed by atoms with Crippen LogP contribution >= 0.6 is 0 Å². The van der Waals surface area contributed by atoms with Crippen molar-refractivity contribution in [2.24, 2.45) is 0 Å². The van der Waals surface area contributed by atoms with E-state index < -0.39 is 27.0 Å². The number of hydrogen-bond acceptors (Lipinski definition) is 5. The van der Waals surface area contributed by atoms with Crippen molar-refractivity contribution in [3.8, 4) is 5.75 Å². The van der Waals surface area contributed by atoms with Crippen LogP contribution in [0.4, 0.5) is 11.4 Å². The van der Waals surface area contributed by atoms with Crippen molar-refractivity contribution in [1.29, 1.82) is 0 Å². The van der Waals surface area contributed by atoms with Gasteiger partial charge in [-0.1, -0.05) is 39.5 Å². The molecule has 1 aromatic carbocycles. The second-order valence-electron chi connectivity index (χ2n) is 4.35. The van der Waals surface area contributed by atoms with Crippen LogP contribution < -0.4 is 0 Å². The summed E-state index contributed by atoms with van der Waals surface area (Å²) in [5.41, 5.74) is -0.963. The number of nitro benzene ring substituents is 2. The van der Waals surface area contributed by atoms with Crippen molar-refractivity contribution in [3.05, 3.63) is 37.9 Å². The van der Waals surface area contributed by atoms with Gasteiger partial charge in [0.05, 0.1) is 15.9 Å². The Morgan fingerprint density at radius 2 is 1.55 bits per heavy atom. The van der Waals surface area contributed by atoms with E-state index in [1.807, 2.05) is 0 Å². The maximum atomic E-state index is 10.4. The van der Waals surface area contributed by atoms with E-state index >= 15 is 0 Å². The van der Waals surface area contributed by atoms with Crippen LogP contribution in [0, 0.1) is 27.2 Å². The maximum absolute atomic E-state index is 10.4. The van der Waals surface area contributed by atoms with Gasteiger partial charge in [0.2, 0.25) is 0 Å². The van der Waals surface area contributed by atoms with Crippen LogP contribution in [-0.2, 0) is 0 Å². The van der Waals surface area contributed by atoms with Gasteiger partial charge in [-0.2, -0.15) is 0 Å². The summed E-state index contributed by atoms with van der Waals surface area (Å²) in [7, 11) is 0. The molecule has 0 fully saturated rings. The third-order valence-electron chi connectivity index (χ3n) is 2.63. The topological polar surface area (TPSA) is 107 Å². The van der Waals surface area contributed by atoms with Gasteiger partial charge in [0.1, 0.15) is 0 Å². The van der Waals surface area contributed by atoms with E-state index in [1.165, 1.54) is 32.6 Å². The number of aryl methyl sites for hydroxylation is 1. The highest BCUT2D eigenvalue weighted by atomic mass is 16.6. The Morgan fingerprint density at radius 1 is 1.05 bits per heavy atom. The quantitative estimate of drug-likeness (QED) is 0.497. The van der Waals surface area contributed by atoms with Gasteiger partial charge in [0.15, 0.2) is 5.75 Å². The van der Waals surface area contributed by atoms with Gasteiger partial charge < -0.3 is 5.11 Å². The summed E-state index contributed by atoms with van der Waals surface area (Å²) in [6.07, 6.45) is 5.54. The number of rotatable bonds is 5. The molecular formula is C13H20N2O5. The number of hydrogen-bond donors (Lipinski definition) is 1. The van der Waals surface area contributed by atoms with E-state index in [9.17, 15) is 25.3 Å². The summed E-state index contributed by atoms with van der Waals surface area (Å²) < 4.78 is 0. The van der Waals surface area contributed by atoms with E-state index in [4.69, 9.17) is 0 Å². The molecule has 0 unspecified atom stereocenters. The Hall–Kier alpha value is -2.18. The Morgan fingerprint density at radius 3 is 1.90 bits per heavy atom.